The largest absolute Gasteiger partial charge is 0.299 e. The summed E-state index contributed by atoms with van der Waals surface area (Å²) in [6, 6.07) is 8.86. The van der Waals surface area contributed by atoms with Gasteiger partial charge >= 0.3 is 0 Å². The third-order valence-electron chi connectivity index (χ3n) is 2.63. The summed E-state index contributed by atoms with van der Waals surface area (Å²) in [5, 5.41) is 9.93. The fourth-order valence-electron chi connectivity index (χ4n) is 1.78. The Kier molecular flexibility index (Phi) is 3.85. The lowest BCUT2D eigenvalue weighted by molar-refractivity contribution is 0.614. The Labute approximate surface area is 118 Å². The van der Waals surface area contributed by atoms with Crippen molar-refractivity contribution in [2.24, 2.45) is 0 Å². The first-order chi connectivity index (χ1) is 8.93. The molecule has 0 saturated heterocycles. The molecule has 0 aromatic carbocycles. The van der Waals surface area contributed by atoms with Gasteiger partial charge in [-0.2, -0.15) is 0 Å². The number of aromatic nitrogens is 1. The van der Waals surface area contributed by atoms with E-state index in [1.54, 1.807) is 34.0 Å². The van der Waals surface area contributed by atoms with E-state index < -0.39 is 0 Å². The van der Waals surface area contributed by atoms with Gasteiger partial charge in [0.2, 0.25) is 0 Å². The molecule has 0 unspecified atom stereocenters. The van der Waals surface area contributed by atoms with E-state index in [1.165, 1.54) is 9.75 Å². The first kappa shape index (κ1) is 12.0. The van der Waals surface area contributed by atoms with Gasteiger partial charge in [0.25, 0.3) is 0 Å². The van der Waals surface area contributed by atoms with Crippen LogP contribution < -0.4 is 5.32 Å². The van der Waals surface area contributed by atoms with Gasteiger partial charge in [0.05, 0.1) is 17.2 Å². The molecule has 0 spiro atoms. The molecule has 0 aliphatic carbocycles. The van der Waals surface area contributed by atoms with E-state index in [4.69, 9.17) is 0 Å². The van der Waals surface area contributed by atoms with Crippen LogP contribution in [0.3, 0.4) is 0 Å². The number of thiophene rings is 2. The number of rotatable bonds is 5. The summed E-state index contributed by atoms with van der Waals surface area (Å²) in [4.78, 5) is 7.02. The van der Waals surface area contributed by atoms with Crippen molar-refractivity contribution in [1.82, 2.24) is 10.3 Å². The molecule has 0 atom stereocenters. The molecular weight excluding hydrogens is 280 g/mol. The summed E-state index contributed by atoms with van der Waals surface area (Å²) < 4.78 is 0. The first-order valence-corrected chi connectivity index (χ1v) is 8.31. The second kappa shape index (κ2) is 5.75. The summed E-state index contributed by atoms with van der Waals surface area (Å²) in [6.45, 7) is 0.809. The molecule has 0 aliphatic heterocycles. The smallest absolute Gasteiger partial charge is 0.0795 e. The molecule has 0 saturated carbocycles. The predicted molar refractivity (Wildman–Crippen MR) is 79.4 cm³/mol. The lowest BCUT2D eigenvalue weighted by atomic mass is 10.2. The normalized spacial score (nSPS) is 11.2. The summed E-state index contributed by atoms with van der Waals surface area (Å²) in [6.07, 6.45) is 0. The van der Waals surface area contributed by atoms with E-state index in [1.807, 2.05) is 5.51 Å². The molecule has 1 N–H and O–H groups in total. The Bertz CT molecular complexity index is 521. The van der Waals surface area contributed by atoms with Crippen molar-refractivity contribution in [1.29, 1.82) is 0 Å². The van der Waals surface area contributed by atoms with Crippen LogP contribution in [0.25, 0.3) is 0 Å². The van der Waals surface area contributed by atoms with E-state index in [2.05, 4.69) is 50.7 Å². The second-order valence-corrected chi connectivity index (χ2v) is 6.50. The van der Waals surface area contributed by atoms with Gasteiger partial charge in [0, 0.05) is 21.7 Å². The Morgan fingerprint density at radius 2 is 1.83 bits per heavy atom. The van der Waals surface area contributed by atoms with Crippen LogP contribution >= 0.6 is 34.0 Å². The van der Waals surface area contributed by atoms with E-state index in [0.29, 0.717) is 0 Å². The minimum absolute atomic E-state index is 0.284. The number of thiazole rings is 1. The molecule has 0 radical (unpaired) electrons. The Balaban J connectivity index is 1.78. The van der Waals surface area contributed by atoms with Crippen LogP contribution in [-0.4, -0.2) is 4.98 Å². The zero-order chi connectivity index (χ0) is 12.2. The van der Waals surface area contributed by atoms with E-state index in [-0.39, 0.29) is 6.04 Å². The fraction of sp³-hybridized carbons (Fsp3) is 0.154. The van der Waals surface area contributed by atoms with Crippen LogP contribution in [-0.2, 0) is 6.54 Å². The zero-order valence-electron chi connectivity index (χ0n) is 9.58. The zero-order valence-corrected chi connectivity index (χ0v) is 12.0. The monoisotopic (exact) mass is 292 g/mol. The van der Waals surface area contributed by atoms with Gasteiger partial charge in [-0.05, 0) is 22.9 Å². The van der Waals surface area contributed by atoms with Gasteiger partial charge in [-0.3, -0.25) is 5.32 Å². The number of hydrogen-bond donors (Lipinski definition) is 1. The van der Waals surface area contributed by atoms with Crippen molar-refractivity contribution >= 4 is 34.0 Å². The molecule has 0 bridgehead atoms. The van der Waals surface area contributed by atoms with Gasteiger partial charge in [-0.1, -0.05) is 12.1 Å². The van der Waals surface area contributed by atoms with Crippen LogP contribution in [0, 0.1) is 0 Å². The maximum Gasteiger partial charge on any atom is 0.0795 e. The van der Waals surface area contributed by atoms with Crippen LogP contribution in [0.2, 0.25) is 0 Å². The summed E-state index contributed by atoms with van der Waals surface area (Å²) in [7, 11) is 0. The molecule has 5 heteroatoms. The second-order valence-electron chi connectivity index (χ2n) is 3.82. The Morgan fingerprint density at radius 1 is 1.11 bits per heavy atom. The maximum absolute atomic E-state index is 4.31. The third kappa shape index (κ3) is 2.70. The van der Waals surface area contributed by atoms with Gasteiger partial charge in [0.1, 0.15) is 0 Å². The van der Waals surface area contributed by atoms with Gasteiger partial charge in [-0.25, -0.2) is 4.98 Å². The maximum atomic E-state index is 4.31. The van der Waals surface area contributed by atoms with Crippen molar-refractivity contribution < 1.29 is 0 Å². The first-order valence-electron chi connectivity index (χ1n) is 5.61. The molecule has 3 heterocycles. The standard InChI is InChI=1S/C13H12N2S3/c1-3-11(17-5-1)13(12-4-2-6-18-12)14-7-10-8-16-9-15-10/h1-6,8-9,13-14H,7H2. The van der Waals surface area contributed by atoms with Crippen molar-refractivity contribution in [3.05, 3.63) is 61.4 Å². The van der Waals surface area contributed by atoms with Crippen molar-refractivity contribution in [3.8, 4) is 0 Å². The quantitative estimate of drug-likeness (QED) is 0.764. The van der Waals surface area contributed by atoms with Gasteiger partial charge < -0.3 is 0 Å². The van der Waals surface area contributed by atoms with Crippen molar-refractivity contribution in [3.63, 3.8) is 0 Å². The highest BCUT2D eigenvalue weighted by Gasteiger charge is 2.15. The van der Waals surface area contributed by atoms with E-state index in [9.17, 15) is 0 Å². The van der Waals surface area contributed by atoms with Crippen molar-refractivity contribution in [2.45, 2.75) is 12.6 Å². The summed E-state index contributed by atoms with van der Waals surface area (Å²) in [5.41, 5.74) is 2.99. The summed E-state index contributed by atoms with van der Waals surface area (Å²) in [5.74, 6) is 0. The number of nitrogens with zero attached hydrogens (tertiary/aromatic N) is 1. The Hall–Kier alpha value is -1.01. The van der Waals surface area contributed by atoms with Crippen LogP contribution in [0.15, 0.2) is 45.9 Å². The highest BCUT2D eigenvalue weighted by Crippen LogP contribution is 2.29. The van der Waals surface area contributed by atoms with Gasteiger partial charge in [0.15, 0.2) is 0 Å². The summed E-state index contributed by atoms with van der Waals surface area (Å²) >= 11 is 5.23. The molecule has 3 aromatic heterocycles. The average molecular weight is 292 g/mol. The van der Waals surface area contributed by atoms with E-state index >= 15 is 0 Å². The third-order valence-corrected chi connectivity index (χ3v) is 5.14. The number of nitrogens with one attached hydrogen (secondary N) is 1. The lowest BCUT2D eigenvalue weighted by Gasteiger charge is -2.15. The number of hydrogen-bond acceptors (Lipinski definition) is 5. The molecular formula is C13H12N2S3. The SMILES string of the molecule is c1csc(C(NCc2cscn2)c2cccs2)c1. The fourth-order valence-corrected chi connectivity index (χ4v) is 4.05. The minimum Gasteiger partial charge on any atom is -0.299 e. The lowest BCUT2D eigenvalue weighted by Crippen LogP contribution is -2.20. The Morgan fingerprint density at radius 3 is 2.33 bits per heavy atom. The van der Waals surface area contributed by atoms with Crippen LogP contribution in [0.5, 0.6) is 0 Å². The molecule has 3 aromatic rings. The highest BCUT2D eigenvalue weighted by atomic mass is 32.1. The van der Waals surface area contributed by atoms with E-state index in [0.717, 1.165) is 12.2 Å². The van der Waals surface area contributed by atoms with Crippen LogP contribution in [0.1, 0.15) is 21.5 Å². The predicted octanol–water partition coefficient (Wildman–Crippen LogP) is 4.15. The molecule has 92 valence electrons. The molecule has 3 rings (SSSR count). The van der Waals surface area contributed by atoms with Gasteiger partial charge in [-0.15, -0.1) is 34.0 Å². The molecule has 2 nitrogen and oxygen atoms in total. The topological polar surface area (TPSA) is 24.9 Å². The molecule has 18 heavy (non-hydrogen) atoms. The average Bonchev–Trinajstić information content (AvgIpc) is 3.14. The molecule has 0 fully saturated rings. The minimum atomic E-state index is 0.284. The molecule has 0 aliphatic rings. The van der Waals surface area contributed by atoms with Crippen LogP contribution in [0.4, 0.5) is 0 Å². The van der Waals surface area contributed by atoms with Crippen molar-refractivity contribution in [2.75, 3.05) is 0 Å². The molecule has 0 amide bonds. The highest BCUT2D eigenvalue weighted by molar-refractivity contribution is 7.11.